The van der Waals surface area contributed by atoms with Crippen LogP contribution in [0.4, 0.5) is 22.1 Å². The SMILES string of the molecule is CN(c1ccc(NC(=O)Nc2ccccc2)nn1)C1CCS(=O)(=O)C1. The van der Waals surface area contributed by atoms with E-state index >= 15 is 0 Å². The molecule has 2 aromatic rings. The Kier molecular flexibility index (Phi) is 4.84. The fourth-order valence-corrected chi connectivity index (χ4v) is 4.42. The minimum atomic E-state index is -2.96. The molecule has 1 saturated heterocycles. The van der Waals surface area contributed by atoms with Crippen LogP contribution in [0.2, 0.25) is 0 Å². The predicted octanol–water partition coefficient (Wildman–Crippen LogP) is 1.74. The van der Waals surface area contributed by atoms with E-state index in [0.29, 0.717) is 23.7 Å². The van der Waals surface area contributed by atoms with Gasteiger partial charge in [0.1, 0.15) is 0 Å². The lowest BCUT2D eigenvalue weighted by atomic mass is 10.2. The first-order chi connectivity index (χ1) is 11.9. The summed E-state index contributed by atoms with van der Waals surface area (Å²) in [6.45, 7) is 0. The van der Waals surface area contributed by atoms with E-state index in [-0.39, 0.29) is 17.5 Å². The molecule has 0 radical (unpaired) electrons. The fraction of sp³-hybridized carbons (Fsp3) is 0.312. The Morgan fingerprint density at radius 1 is 1.12 bits per heavy atom. The molecule has 1 aliphatic rings. The van der Waals surface area contributed by atoms with Gasteiger partial charge in [-0.15, -0.1) is 10.2 Å². The van der Waals surface area contributed by atoms with E-state index in [2.05, 4.69) is 20.8 Å². The van der Waals surface area contributed by atoms with E-state index in [1.165, 1.54) is 0 Å². The molecular weight excluding hydrogens is 342 g/mol. The van der Waals surface area contributed by atoms with Crippen LogP contribution in [0.3, 0.4) is 0 Å². The van der Waals surface area contributed by atoms with E-state index < -0.39 is 15.9 Å². The van der Waals surface area contributed by atoms with Crippen molar-refractivity contribution in [1.29, 1.82) is 0 Å². The maximum Gasteiger partial charge on any atom is 0.324 e. The first-order valence-corrected chi connectivity index (χ1v) is 9.65. The van der Waals surface area contributed by atoms with Gasteiger partial charge in [0.25, 0.3) is 0 Å². The summed E-state index contributed by atoms with van der Waals surface area (Å²) in [4.78, 5) is 13.7. The van der Waals surface area contributed by atoms with Crippen molar-refractivity contribution in [2.75, 3.05) is 34.1 Å². The van der Waals surface area contributed by atoms with Gasteiger partial charge < -0.3 is 10.2 Å². The number of nitrogens with zero attached hydrogens (tertiary/aromatic N) is 3. The van der Waals surface area contributed by atoms with Gasteiger partial charge in [0.05, 0.1) is 11.5 Å². The summed E-state index contributed by atoms with van der Waals surface area (Å²) in [5.41, 5.74) is 0.673. The molecule has 132 valence electrons. The Morgan fingerprint density at radius 3 is 2.48 bits per heavy atom. The van der Waals surface area contributed by atoms with Crippen molar-refractivity contribution >= 4 is 33.2 Å². The van der Waals surface area contributed by atoms with Crippen LogP contribution in [0, 0.1) is 0 Å². The van der Waals surface area contributed by atoms with Gasteiger partial charge in [-0.05, 0) is 30.7 Å². The molecule has 2 amide bonds. The summed E-state index contributed by atoms with van der Waals surface area (Å²) in [7, 11) is -1.16. The molecule has 9 heteroatoms. The molecule has 2 heterocycles. The number of nitrogens with one attached hydrogen (secondary N) is 2. The average molecular weight is 361 g/mol. The van der Waals surface area contributed by atoms with E-state index in [4.69, 9.17) is 0 Å². The number of aromatic nitrogens is 2. The van der Waals surface area contributed by atoms with Crippen molar-refractivity contribution in [3.8, 4) is 0 Å². The summed E-state index contributed by atoms with van der Waals surface area (Å²) in [5, 5.41) is 13.3. The number of hydrogen-bond acceptors (Lipinski definition) is 6. The second-order valence-electron chi connectivity index (χ2n) is 5.89. The summed E-state index contributed by atoms with van der Waals surface area (Å²) in [6.07, 6.45) is 0.583. The zero-order valence-corrected chi connectivity index (χ0v) is 14.5. The lowest BCUT2D eigenvalue weighted by Crippen LogP contribution is -2.33. The van der Waals surface area contributed by atoms with Gasteiger partial charge in [-0.3, -0.25) is 5.32 Å². The maximum absolute atomic E-state index is 11.9. The largest absolute Gasteiger partial charge is 0.354 e. The second kappa shape index (κ2) is 7.06. The molecule has 0 aliphatic carbocycles. The Hall–Kier alpha value is -2.68. The monoisotopic (exact) mass is 361 g/mol. The van der Waals surface area contributed by atoms with E-state index in [9.17, 15) is 13.2 Å². The number of anilines is 3. The van der Waals surface area contributed by atoms with Crippen LogP contribution in [-0.2, 0) is 9.84 Å². The van der Waals surface area contributed by atoms with E-state index in [1.807, 2.05) is 23.1 Å². The molecule has 2 N–H and O–H groups in total. The normalized spacial score (nSPS) is 18.5. The zero-order chi connectivity index (χ0) is 17.9. The Morgan fingerprint density at radius 2 is 1.88 bits per heavy atom. The van der Waals surface area contributed by atoms with Crippen LogP contribution in [0.1, 0.15) is 6.42 Å². The third-order valence-electron chi connectivity index (χ3n) is 4.04. The van der Waals surface area contributed by atoms with Gasteiger partial charge in [-0.1, -0.05) is 18.2 Å². The van der Waals surface area contributed by atoms with Crippen LogP contribution in [0.5, 0.6) is 0 Å². The summed E-state index contributed by atoms with van der Waals surface area (Å²) in [6, 6.07) is 11.9. The quantitative estimate of drug-likeness (QED) is 0.860. The topological polar surface area (TPSA) is 104 Å². The number of benzene rings is 1. The smallest absolute Gasteiger partial charge is 0.324 e. The molecule has 1 atom stereocenters. The standard InChI is InChI=1S/C16H19N5O3S/c1-21(13-9-10-25(23,24)11-13)15-8-7-14(19-20-15)18-16(22)17-12-5-3-2-4-6-12/h2-8,13H,9-11H2,1H3,(H2,17,18,19,22). The van der Waals surface area contributed by atoms with Crippen molar-refractivity contribution in [3.05, 3.63) is 42.5 Å². The van der Waals surface area contributed by atoms with Crippen LogP contribution >= 0.6 is 0 Å². The molecular formula is C16H19N5O3S. The number of carbonyl (C=O) groups excluding carboxylic acids is 1. The first kappa shape index (κ1) is 17.2. The van der Waals surface area contributed by atoms with Gasteiger partial charge >= 0.3 is 6.03 Å². The minimum absolute atomic E-state index is 0.0977. The number of urea groups is 1. The molecule has 1 unspecified atom stereocenters. The van der Waals surface area contributed by atoms with Gasteiger partial charge in [-0.25, -0.2) is 13.2 Å². The van der Waals surface area contributed by atoms with Crippen molar-refractivity contribution in [1.82, 2.24) is 10.2 Å². The summed E-state index contributed by atoms with van der Waals surface area (Å²) >= 11 is 0. The molecule has 0 bridgehead atoms. The molecule has 1 fully saturated rings. The molecule has 3 rings (SSSR count). The molecule has 1 aromatic heterocycles. The molecule has 8 nitrogen and oxygen atoms in total. The maximum atomic E-state index is 11.9. The number of para-hydroxylation sites is 1. The van der Waals surface area contributed by atoms with Crippen LogP contribution < -0.4 is 15.5 Å². The predicted molar refractivity (Wildman–Crippen MR) is 96.6 cm³/mol. The van der Waals surface area contributed by atoms with E-state index in [1.54, 1.807) is 31.3 Å². The van der Waals surface area contributed by atoms with Crippen LogP contribution in [0.15, 0.2) is 42.5 Å². The second-order valence-corrected chi connectivity index (χ2v) is 8.12. The first-order valence-electron chi connectivity index (χ1n) is 7.83. The van der Waals surface area contributed by atoms with Crippen molar-refractivity contribution in [2.45, 2.75) is 12.5 Å². The highest BCUT2D eigenvalue weighted by Crippen LogP contribution is 2.21. The summed E-state index contributed by atoms with van der Waals surface area (Å²) in [5.74, 6) is 1.21. The molecule has 1 aromatic carbocycles. The molecule has 25 heavy (non-hydrogen) atoms. The highest BCUT2D eigenvalue weighted by molar-refractivity contribution is 7.91. The number of carbonyl (C=O) groups is 1. The zero-order valence-electron chi connectivity index (χ0n) is 13.7. The molecule has 0 spiro atoms. The fourth-order valence-electron chi connectivity index (χ4n) is 2.65. The number of sulfone groups is 1. The van der Waals surface area contributed by atoms with Crippen LogP contribution in [-0.4, -0.2) is 49.2 Å². The highest BCUT2D eigenvalue weighted by atomic mass is 32.2. The third kappa shape index (κ3) is 4.44. The number of amides is 2. The Bertz CT molecular complexity index is 840. The lowest BCUT2D eigenvalue weighted by Gasteiger charge is -2.23. The van der Waals surface area contributed by atoms with Gasteiger partial charge in [0.15, 0.2) is 21.5 Å². The number of hydrogen-bond donors (Lipinski definition) is 2. The average Bonchev–Trinajstić information content (AvgIpc) is 2.96. The molecule has 1 aliphatic heterocycles. The van der Waals surface area contributed by atoms with Gasteiger partial charge in [-0.2, -0.15) is 0 Å². The van der Waals surface area contributed by atoms with Crippen LogP contribution in [0.25, 0.3) is 0 Å². The lowest BCUT2D eigenvalue weighted by molar-refractivity contribution is 0.262. The van der Waals surface area contributed by atoms with E-state index in [0.717, 1.165) is 0 Å². The Balaban J connectivity index is 1.59. The van der Waals surface area contributed by atoms with Crippen molar-refractivity contribution in [2.24, 2.45) is 0 Å². The third-order valence-corrected chi connectivity index (χ3v) is 5.79. The number of rotatable bonds is 4. The van der Waals surface area contributed by atoms with Gasteiger partial charge in [0, 0.05) is 18.8 Å². The van der Waals surface area contributed by atoms with Gasteiger partial charge in [0.2, 0.25) is 0 Å². The van der Waals surface area contributed by atoms with Crippen molar-refractivity contribution < 1.29 is 13.2 Å². The highest BCUT2D eigenvalue weighted by Gasteiger charge is 2.31. The summed E-state index contributed by atoms with van der Waals surface area (Å²) < 4.78 is 23.2. The molecule has 0 saturated carbocycles. The van der Waals surface area contributed by atoms with Crippen molar-refractivity contribution in [3.63, 3.8) is 0 Å². The minimum Gasteiger partial charge on any atom is -0.354 e. The Labute approximate surface area is 146 Å².